The summed E-state index contributed by atoms with van der Waals surface area (Å²) < 4.78 is 8.74. The summed E-state index contributed by atoms with van der Waals surface area (Å²) >= 11 is 3.62. The molecule has 0 aliphatic carbocycles. The van der Waals surface area contributed by atoms with Crippen LogP contribution in [0.3, 0.4) is 0 Å². The molecule has 2 aromatic heterocycles. The molecule has 0 unspecified atom stereocenters. The Balaban J connectivity index is 2.00. The summed E-state index contributed by atoms with van der Waals surface area (Å²) in [6.45, 7) is 2.59. The predicted octanol–water partition coefficient (Wildman–Crippen LogP) is 2.96. The van der Waals surface area contributed by atoms with Crippen LogP contribution in [0.25, 0.3) is 10.9 Å². The highest BCUT2D eigenvalue weighted by molar-refractivity contribution is 9.10. The SMILES string of the molecule is Cc1c(Br)c2ccccc2n1Cc1ccc(C(=O)NN)o1. The van der Waals surface area contributed by atoms with Crippen LogP contribution in [0.1, 0.15) is 22.0 Å². The Morgan fingerprint density at radius 3 is 2.86 bits per heavy atom. The van der Waals surface area contributed by atoms with E-state index in [1.54, 1.807) is 12.1 Å². The van der Waals surface area contributed by atoms with Crippen LogP contribution in [-0.2, 0) is 6.54 Å². The zero-order valence-corrected chi connectivity index (χ0v) is 13.0. The summed E-state index contributed by atoms with van der Waals surface area (Å²) in [4.78, 5) is 11.4. The summed E-state index contributed by atoms with van der Waals surface area (Å²) in [6.07, 6.45) is 0. The number of nitrogen functional groups attached to an aromatic ring is 1. The number of rotatable bonds is 3. The van der Waals surface area contributed by atoms with Crippen molar-refractivity contribution in [2.75, 3.05) is 0 Å². The molecule has 6 heteroatoms. The van der Waals surface area contributed by atoms with Crippen LogP contribution in [0.4, 0.5) is 0 Å². The Hall–Kier alpha value is -2.05. The van der Waals surface area contributed by atoms with E-state index in [4.69, 9.17) is 10.3 Å². The standard InChI is InChI=1S/C15H14BrN3O2/c1-9-14(16)11-4-2-3-5-12(11)19(9)8-10-6-7-13(21-10)15(20)18-17/h2-7H,8,17H2,1H3,(H,18,20). The summed E-state index contributed by atoms with van der Waals surface area (Å²) in [7, 11) is 0. The number of furan rings is 1. The van der Waals surface area contributed by atoms with Gasteiger partial charge in [0.05, 0.1) is 6.54 Å². The van der Waals surface area contributed by atoms with Crippen molar-refractivity contribution in [1.82, 2.24) is 9.99 Å². The first-order valence-corrected chi connectivity index (χ1v) is 7.24. The van der Waals surface area contributed by atoms with Crippen molar-refractivity contribution in [3.05, 3.63) is 58.1 Å². The molecule has 3 aromatic rings. The van der Waals surface area contributed by atoms with Gasteiger partial charge in [-0.15, -0.1) is 0 Å². The Bertz CT molecular complexity index is 820. The van der Waals surface area contributed by atoms with Crippen molar-refractivity contribution in [3.8, 4) is 0 Å². The normalized spacial score (nSPS) is 11.0. The van der Waals surface area contributed by atoms with Gasteiger partial charge in [0.15, 0.2) is 5.76 Å². The van der Waals surface area contributed by atoms with E-state index in [0.29, 0.717) is 12.3 Å². The van der Waals surface area contributed by atoms with Crippen LogP contribution in [-0.4, -0.2) is 10.5 Å². The van der Waals surface area contributed by atoms with E-state index >= 15 is 0 Å². The van der Waals surface area contributed by atoms with Crippen LogP contribution >= 0.6 is 15.9 Å². The first kappa shape index (κ1) is 13.9. The fourth-order valence-corrected chi connectivity index (χ4v) is 2.95. The van der Waals surface area contributed by atoms with Gasteiger partial charge in [0, 0.05) is 21.1 Å². The van der Waals surface area contributed by atoms with Gasteiger partial charge in [-0.05, 0) is 41.1 Å². The van der Waals surface area contributed by atoms with Crippen LogP contribution < -0.4 is 11.3 Å². The number of hydrazine groups is 1. The van der Waals surface area contributed by atoms with Gasteiger partial charge in [-0.2, -0.15) is 0 Å². The maximum atomic E-state index is 11.4. The third kappa shape index (κ3) is 2.36. The molecule has 108 valence electrons. The lowest BCUT2D eigenvalue weighted by atomic mass is 10.2. The minimum atomic E-state index is -0.434. The highest BCUT2D eigenvalue weighted by Crippen LogP contribution is 2.31. The van der Waals surface area contributed by atoms with Gasteiger partial charge in [0.2, 0.25) is 0 Å². The topological polar surface area (TPSA) is 73.2 Å². The monoisotopic (exact) mass is 347 g/mol. The molecule has 0 radical (unpaired) electrons. The molecular weight excluding hydrogens is 334 g/mol. The van der Waals surface area contributed by atoms with E-state index < -0.39 is 5.91 Å². The number of carbonyl (C=O) groups excluding carboxylic acids is 1. The Morgan fingerprint density at radius 1 is 1.33 bits per heavy atom. The van der Waals surface area contributed by atoms with Crippen molar-refractivity contribution in [2.45, 2.75) is 13.5 Å². The third-order valence-electron chi connectivity index (χ3n) is 3.48. The first-order valence-electron chi connectivity index (χ1n) is 6.45. The van der Waals surface area contributed by atoms with Crippen molar-refractivity contribution < 1.29 is 9.21 Å². The molecule has 0 saturated heterocycles. The molecule has 3 rings (SSSR count). The molecule has 0 fully saturated rings. The van der Waals surface area contributed by atoms with Gasteiger partial charge < -0.3 is 8.98 Å². The number of aromatic nitrogens is 1. The van der Waals surface area contributed by atoms with Gasteiger partial charge in [0.25, 0.3) is 0 Å². The number of carbonyl (C=O) groups is 1. The zero-order chi connectivity index (χ0) is 15.0. The van der Waals surface area contributed by atoms with E-state index in [-0.39, 0.29) is 5.76 Å². The molecule has 0 atom stereocenters. The lowest BCUT2D eigenvalue weighted by Crippen LogP contribution is -2.29. The molecular formula is C15H14BrN3O2. The lowest BCUT2D eigenvalue weighted by Gasteiger charge is -2.06. The van der Waals surface area contributed by atoms with E-state index in [1.807, 2.05) is 19.1 Å². The number of benzene rings is 1. The molecule has 21 heavy (non-hydrogen) atoms. The Morgan fingerprint density at radius 2 is 2.10 bits per heavy atom. The Kier molecular flexibility index (Phi) is 3.57. The number of hydrogen-bond donors (Lipinski definition) is 2. The van der Waals surface area contributed by atoms with Crippen LogP contribution in [0, 0.1) is 6.92 Å². The van der Waals surface area contributed by atoms with E-state index in [2.05, 4.69) is 38.1 Å². The summed E-state index contributed by atoms with van der Waals surface area (Å²) in [5.41, 5.74) is 4.28. The van der Waals surface area contributed by atoms with Crippen molar-refractivity contribution >= 4 is 32.7 Å². The molecule has 3 N–H and O–H groups in total. The second-order valence-corrected chi connectivity index (χ2v) is 5.54. The molecule has 5 nitrogen and oxygen atoms in total. The van der Waals surface area contributed by atoms with Gasteiger partial charge in [0.1, 0.15) is 5.76 Å². The predicted molar refractivity (Wildman–Crippen MR) is 83.8 cm³/mol. The van der Waals surface area contributed by atoms with Crippen molar-refractivity contribution in [2.24, 2.45) is 5.84 Å². The number of amides is 1. The average Bonchev–Trinajstić information content (AvgIpc) is 3.07. The number of nitrogens with one attached hydrogen (secondary N) is 1. The fraction of sp³-hybridized carbons (Fsp3) is 0.133. The van der Waals surface area contributed by atoms with Gasteiger partial charge in [-0.1, -0.05) is 18.2 Å². The van der Waals surface area contributed by atoms with E-state index in [9.17, 15) is 4.79 Å². The number of halogens is 1. The number of para-hydroxylation sites is 1. The molecule has 0 spiro atoms. The molecule has 0 aliphatic heterocycles. The summed E-state index contributed by atoms with van der Waals surface area (Å²) in [5.74, 6) is 5.57. The lowest BCUT2D eigenvalue weighted by molar-refractivity contribution is 0.0924. The Labute approximate surface area is 129 Å². The van der Waals surface area contributed by atoms with Crippen molar-refractivity contribution in [1.29, 1.82) is 0 Å². The largest absolute Gasteiger partial charge is 0.454 e. The van der Waals surface area contributed by atoms with Crippen LogP contribution in [0.2, 0.25) is 0 Å². The minimum Gasteiger partial charge on any atom is -0.454 e. The third-order valence-corrected chi connectivity index (χ3v) is 4.49. The zero-order valence-electron chi connectivity index (χ0n) is 11.4. The smallest absolute Gasteiger partial charge is 0.300 e. The van der Waals surface area contributed by atoms with Gasteiger partial charge in [-0.3, -0.25) is 10.2 Å². The van der Waals surface area contributed by atoms with Crippen LogP contribution in [0.15, 0.2) is 45.3 Å². The highest BCUT2D eigenvalue weighted by atomic mass is 79.9. The minimum absolute atomic E-state index is 0.209. The number of hydrogen-bond acceptors (Lipinski definition) is 3. The summed E-state index contributed by atoms with van der Waals surface area (Å²) in [6, 6.07) is 11.5. The number of nitrogens with zero attached hydrogens (tertiary/aromatic N) is 1. The summed E-state index contributed by atoms with van der Waals surface area (Å²) in [5, 5.41) is 1.15. The second-order valence-electron chi connectivity index (χ2n) is 4.74. The first-order chi connectivity index (χ1) is 10.1. The maximum Gasteiger partial charge on any atom is 0.300 e. The quantitative estimate of drug-likeness (QED) is 0.434. The molecule has 0 bridgehead atoms. The van der Waals surface area contributed by atoms with Gasteiger partial charge >= 0.3 is 5.91 Å². The average molecular weight is 348 g/mol. The van der Waals surface area contributed by atoms with E-state index in [0.717, 1.165) is 21.1 Å². The molecule has 0 aliphatic rings. The fourth-order valence-electron chi connectivity index (χ4n) is 2.40. The van der Waals surface area contributed by atoms with Crippen molar-refractivity contribution in [3.63, 3.8) is 0 Å². The van der Waals surface area contributed by atoms with E-state index in [1.165, 1.54) is 0 Å². The number of nitrogens with two attached hydrogens (primary N) is 1. The molecule has 2 heterocycles. The van der Waals surface area contributed by atoms with Gasteiger partial charge in [-0.25, -0.2) is 5.84 Å². The molecule has 1 amide bonds. The maximum absolute atomic E-state index is 11.4. The van der Waals surface area contributed by atoms with Crippen LogP contribution in [0.5, 0.6) is 0 Å². The highest BCUT2D eigenvalue weighted by Gasteiger charge is 2.14. The number of fused-ring (bicyclic) bond motifs is 1. The molecule has 0 saturated carbocycles. The second kappa shape index (κ2) is 5.38. The molecule has 1 aromatic carbocycles.